The van der Waals surface area contributed by atoms with Gasteiger partial charge in [-0.1, -0.05) is 44.5 Å². The zero-order valence-electron chi connectivity index (χ0n) is 19.4. The smallest absolute Gasteiger partial charge is 0.315 e. The molecule has 3 atom stereocenters. The van der Waals surface area contributed by atoms with Crippen molar-refractivity contribution in [2.24, 2.45) is 11.3 Å². The van der Waals surface area contributed by atoms with Gasteiger partial charge in [-0.25, -0.2) is 4.79 Å². The summed E-state index contributed by atoms with van der Waals surface area (Å²) in [4.78, 5) is 40.1. The van der Waals surface area contributed by atoms with Crippen molar-refractivity contribution in [2.75, 3.05) is 20.2 Å². The molecule has 2 rings (SSSR count). The van der Waals surface area contributed by atoms with Crippen molar-refractivity contribution < 1.29 is 19.1 Å². The highest BCUT2D eigenvalue weighted by Crippen LogP contribution is 2.35. The molecule has 2 N–H and O–H groups in total. The van der Waals surface area contributed by atoms with Crippen molar-refractivity contribution in [3.05, 3.63) is 34.9 Å². The number of halogens is 1. The van der Waals surface area contributed by atoms with Crippen LogP contribution < -0.4 is 10.6 Å². The second-order valence-electron chi connectivity index (χ2n) is 10.2. The number of urea groups is 1. The lowest BCUT2D eigenvalue weighted by atomic mass is 9.85. The molecule has 0 spiro atoms. The fourth-order valence-electron chi connectivity index (χ4n) is 3.76. The second-order valence-corrected chi connectivity index (χ2v) is 10.6. The lowest BCUT2D eigenvalue weighted by Gasteiger charge is -2.34. The predicted octanol–water partition coefficient (Wildman–Crippen LogP) is 3.57. The zero-order valence-corrected chi connectivity index (χ0v) is 20.2. The van der Waals surface area contributed by atoms with Gasteiger partial charge in [0.2, 0.25) is 5.91 Å². The van der Waals surface area contributed by atoms with Crippen LogP contribution in [0.25, 0.3) is 0 Å². The van der Waals surface area contributed by atoms with E-state index < -0.39 is 28.9 Å². The number of ether oxygens (including phenoxy) is 1. The molecule has 3 unspecified atom stereocenters. The van der Waals surface area contributed by atoms with Crippen molar-refractivity contribution in [2.45, 2.75) is 59.0 Å². The summed E-state index contributed by atoms with van der Waals surface area (Å²) in [6.45, 7) is 11.9. The highest BCUT2D eigenvalue weighted by molar-refractivity contribution is 6.30. The average molecular weight is 452 g/mol. The van der Waals surface area contributed by atoms with Crippen LogP contribution >= 0.6 is 11.6 Å². The van der Waals surface area contributed by atoms with Gasteiger partial charge in [0.05, 0.1) is 13.0 Å². The van der Waals surface area contributed by atoms with Gasteiger partial charge in [0, 0.05) is 29.6 Å². The van der Waals surface area contributed by atoms with Gasteiger partial charge in [0.1, 0.15) is 6.04 Å². The molecular weight excluding hydrogens is 418 g/mol. The van der Waals surface area contributed by atoms with E-state index >= 15 is 0 Å². The van der Waals surface area contributed by atoms with E-state index in [0.29, 0.717) is 11.6 Å². The summed E-state index contributed by atoms with van der Waals surface area (Å²) in [5.74, 6) is -1.28. The monoisotopic (exact) mass is 451 g/mol. The minimum Gasteiger partial charge on any atom is -0.469 e. The standard InChI is InChI=1S/C23H34ClN3O4/c1-22(2,3)18(25-21(30)26-23(4,5)6)19(28)27-12-16(17(13-27)20(29)31-7)14-8-10-15(24)11-9-14/h8-11,16-18H,12-13H2,1-7H3,(H2,25,26,30). The van der Waals surface area contributed by atoms with Gasteiger partial charge >= 0.3 is 12.0 Å². The van der Waals surface area contributed by atoms with E-state index in [0.717, 1.165) is 5.56 Å². The number of benzene rings is 1. The van der Waals surface area contributed by atoms with Crippen molar-refractivity contribution in [3.63, 3.8) is 0 Å². The number of nitrogens with zero attached hydrogens (tertiary/aromatic N) is 1. The van der Waals surface area contributed by atoms with E-state index in [4.69, 9.17) is 16.3 Å². The largest absolute Gasteiger partial charge is 0.469 e. The number of likely N-dealkylation sites (tertiary alicyclic amines) is 1. The summed E-state index contributed by atoms with van der Waals surface area (Å²) in [5, 5.41) is 6.27. The van der Waals surface area contributed by atoms with Crippen LogP contribution in [0, 0.1) is 11.3 Å². The molecule has 1 aliphatic rings. The van der Waals surface area contributed by atoms with Crippen LogP contribution in [0.3, 0.4) is 0 Å². The van der Waals surface area contributed by atoms with Gasteiger partial charge in [0.25, 0.3) is 0 Å². The third-order valence-corrected chi connectivity index (χ3v) is 5.56. The van der Waals surface area contributed by atoms with E-state index in [9.17, 15) is 14.4 Å². The fraction of sp³-hybridized carbons (Fsp3) is 0.609. The molecule has 0 bridgehead atoms. The first-order chi connectivity index (χ1) is 14.2. The zero-order chi connectivity index (χ0) is 23.6. The number of carbonyl (C=O) groups excluding carboxylic acids is 3. The summed E-state index contributed by atoms with van der Waals surface area (Å²) in [6, 6.07) is 6.12. The van der Waals surface area contributed by atoms with Crippen molar-refractivity contribution in [1.29, 1.82) is 0 Å². The number of amides is 3. The first kappa shape index (κ1) is 25.0. The molecule has 3 amide bonds. The Bertz CT molecular complexity index is 812. The van der Waals surface area contributed by atoms with E-state index in [1.807, 2.05) is 53.7 Å². The van der Waals surface area contributed by atoms with Gasteiger partial charge in [-0.05, 0) is 43.9 Å². The van der Waals surface area contributed by atoms with Crippen LogP contribution in [-0.4, -0.2) is 54.6 Å². The molecule has 1 heterocycles. The lowest BCUT2D eigenvalue weighted by molar-refractivity contribution is -0.145. The molecule has 1 aliphatic heterocycles. The van der Waals surface area contributed by atoms with Crippen LogP contribution in [0.1, 0.15) is 53.0 Å². The molecule has 1 aromatic carbocycles. The molecule has 8 heteroatoms. The molecule has 0 aromatic heterocycles. The Morgan fingerprint density at radius 2 is 1.65 bits per heavy atom. The molecular formula is C23H34ClN3O4. The maximum absolute atomic E-state index is 13.5. The van der Waals surface area contributed by atoms with Gasteiger partial charge < -0.3 is 20.3 Å². The van der Waals surface area contributed by atoms with Crippen molar-refractivity contribution in [3.8, 4) is 0 Å². The number of esters is 1. The van der Waals surface area contributed by atoms with Crippen LogP contribution in [-0.2, 0) is 14.3 Å². The number of carbonyl (C=O) groups is 3. The fourth-order valence-corrected chi connectivity index (χ4v) is 3.89. The Balaban J connectivity index is 2.27. The van der Waals surface area contributed by atoms with E-state index in [1.54, 1.807) is 17.0 Å². The summed E-state index contributed by atoms with van der Waals surface area (Å²) in [6.07, 6.45) is 0. The number of hydrogen-bond donors (Lipinski definition) is 2. The topological polar surface area (TPSA) is 87.7 Å². The quantitative estimate of drug-likeness (QED) is 0.685. The third-order valence-electron chi connectivity index (χ3n) is 5.31. The van der Waals surface area contributed by atoms with Crippen LogP contribution in [0.2, 0.25) is 5.02 Å². The van der Waals surface area contributed by atoms with Crippen LogP contribution in [0.4, 0.5) is 4.79 Å². The molecule has 172 valence electrons. The molecule has 1 aromatic rings. The van der Waals surface area contributed by atoms with Crippen LogP contribution in [0.5, 0.6) is 0 Å². The predicted molar refractivity (Wildman–Crippen MR) is 121 cm³/mol. The Kier molecular flexibility index (Phi) is 7.63. The molecule has 31 heavy (non-hydrogen) atoms. The maximum atomic E-state index is 13.5. The van der Waals surface area contributed by atoms with Gasteiger partial charge in [-0.2, -0.15) is 0 Å². The number of hydrogen-bond acceptors (Lipinski definition) is 4. The number of methoxy groups -OCH3 is 1. The SMILES string of the molecule is COC(=O)C1CN(C(=O)C(NC(=O)NC(C)(C)C)C(C)(C)C)CC1c1ccc(Cl)cc1. The maximum Gasteiger partial charge on any atom is 0.315 e. The van der Waals surface area contributed by atoms with E-state index in [-0.39, 0.29) is 24.3 Å². The first-order valence-corrected chi connectivity index (χ1v) is 10.8. The molecule has 0 radical (unpaired) electrons. The third kappa shape index (κ3) is 6.60. The Morgan fingerprint density at radius 3 is 2.13 bits per heavy atom. The van der Waals surface area contributed by atoms with Gasteiger partial charge in [-0.3, -0.25) is 9.59 Å². The van der Waals surface area contributed by atoms with E-state index in [1.165, 1.54) is 7.11 Å². The minimum atomic E-state index is -0.753. The summed E-state index contributed by atoms with van der Waals surface area (Å²) in [7, 11) is 1.35. The Hall–Kier alpha value is -2.28. The molecule has 0 saturated carbocycles. The molecule has 1 saturated heterocycles. The average Bonchev–Trinajstić information content (AvgIpc) is 3.08. The van der Waals surface area contributed by atoms with Gasteiger partial charge in [0.15, 0.2) is 0 Å². The Labute approximate surface area is 189 Å². The lowest BCUT2D eigenvalue weighted by Crippen LogP contribution is -2.58. The van der Waals surface area contributed by atoms with E-state index in [2.05, 4.69) is 10.6 Å². The second kappa shape index (κ2) is 9.47. The van der Waals surface area contributed by atoms with Crippen molar-refractivity contribution >= 4 is 29.5 Å². The molecule has 7 nitrogen and oxygen atoms in total. The first-order valence-electron chi connectivity index (χ1n) is 10.4. The Morgan fingerprint density at radius 1 is 1.06 bits per heavy atom. The highest BCUT2D eigenvalue weighted by atomic mass is 35.5. The number of nitrogens with one attached hydrogen (secondary N) is 2. The summed E-state index contributed by atoms with van der Waals surface area (Å²) in [5.41, 5.74) is -0.0366. The summed E-state index contributed by atoms with van der Waals surface area (Å²) < 4.78 is 5.00. The number of rotatable bonds is 4. The normalized spacial score (nSPS) is 20.2. The van der Waals surface area contributed by atoms with Crippen molar-refractivity contribution in [1.82, 2.24) is 15.5 Å². The highest BCUT2D eigenvalue weighted by Gasteiger charge is 2.45. The van der Waals surface area contributed by atoms with Crippen LogP contribution in [0.15, 0.2) is 24.3 Å². The minimum absolute atomic E-state index is 0.210. The molecule has 1 fully saturated rings. The molecule has 0 aliphatic carbocycles. The van der Waals surface area contributed by atoms with Gasteiger partial charge in [-0.15, -0.1) is 0 Å². The summed E-state index contributed by atoms with van der Waals surface area (Å²) >= 11 is 6.01.